The van der Waals surface area contributed by atoms with Gasteiger partial charge in [-0.3, -0.25) is 14.6 Å². The number of rotatable bonds is 8. The number of hydrogen-bond donors (Lipinski definition) is 2. The molecule has 2 aromatic carbocycles. The van der Waals surface area contributed by atoms with Crippen molar-refractivity contribution in [3.05, 3.63) is 125 Å². The van der Waals surface area contributed by atoms with Crippen molar-refractivity contribution in [3.63, 3.8) is 0 Å². The number of benzene rings is 2. The van der Waals surface area contributed by atoms with Crippen molar-refractivity contribution >= 4 is 68.1 Å². The lowest BCUT2D eigenvalue weighted by Gasteiger charge is -2.32. The highest BCUT2D eigenvalue weighted by Gasteiger charge is 2.41. The average Bonchev–Trinajstić information content (AvgIpc) is 3.83. The van der Waals surface area contributed by atoms with E-state index >= 15 is 0 Å². The maximum absolute atomic E-state index is 14.0. The number of anilines is 2. The largest absolute Gasteiger partial charge is 0.379 e. The molecule has 2 unspecified atom stereocenters. The number of fused-ring (bicyclic) bond motifs is 2. The topological polar surface area (TPSA) is 138 Å². The first-order valence-electron chi connectivity index (χ1n) is 17.1. The van der Waals surface area contributed by atoms with Gasteiger partial charge in [-0.2, -0.15) is 5.10 Å². The second kappa shape index (κ2) is 13.7. The van der Waals surface area contributed by atoms with E-state index in [9.17, 15) is 9.59 Å². The first kappa shape index (κ1) is 35.4. The Labute approximate surface area is 319 Å². The van der Waals surface area contributed by atoms with Crippen LogP contribution in [-0.4, -0.2) is 55.7 Å². The summed E-state index contributed by atoms with van der Waals surface area (Å²) in [4.78, 5) is 40.8. The quantitative estimate of drug-likeness (QED) is 0.176. The van der Waals surface area contributed by atoms with Crippen molar-refractivity contribution in [1.29, 1.82) is 0 Å². The predicted octanol–water partition coefficient (Wildman–Crippen LogP) is 6.51. The fraction of sp³-hybridized carbons (Fsp3) is 0.316. The van der Waals surface area contributed by atoms with Crippen LogP contribution in [0.3, 0.4) is 0 Å². The Kier molecular flexibility index (Phi) is 9.15. The molecular formula is C38H35Cl3N8O4. The van der Waals surface area contributed by atoms with Gasteiger partial charge in [0.1, 0.15) is 16.9 Å². The summed E-state index contributed by atoms with van der Waals surface area (Å²) < 4.78 is 14.5. The summed E-state index contributed by atoms with van der Waals surface area (Å²) in [5.41, 5.74) is 3.23. The normalized spacial score (nSPS) is 20.0. The lowest BCUT2D eigenvalue weighted by atomic mass is 9.86. The lowest BCUT2D eigenvalue weighted by molar-refractivity contribution is 0.181. The van der Waals surface area contributed by atoms with E-state index in [-0.39, 0.29) is 39.8 Å². The van der Waals surface area contributed by atoms with Crippen molar-refractivity contribution in [3.8, 4) is 0 Å². The first-order valence-corrected chi connectivity index (χ1v) is 18.3. The van der Waals surface area contributed by atoms with Crippen LogP contribution < -0.4 is 21.8 Å². The summed E-state index contributed by atoms with van der Waals surface area (Å²) in [7, 11) is 1.66. The number of ether oxygens (including phenoxy) is 2. The van der Waals surface area contributed by atoms with Crippen LogP contribution >= 0.6 is 34.8 Å². The van der Waals surface area contributed by atoms with Gasteiger partial charge in [-0.15, -0.1) is 0 Å². The summed E-state index contributed by atoms with van der Waals surface area (Å²) in [5, 5.41) is 14.0. The van der Waals surface area contributed by atoms with Crippen LogP contribution in [0.25, 0.3) is 21.8 Å². The molecule has 2 atom stereocenters. The molecule has 0 spiro atoms. The van der Waals surface area contributed by atoms with Gasteiger partial charge in [0.15, 0.2) is 0 Å². The molecule has 4 aromatic heterocycles. The monoisotopic (exact) mass is 772 g/mol. The summed E-state index contributed by atoms with van der Waals surface area (Å²) >= 11 is 20.5. The van der Waals surface area contributed by atoms with Gasteiger partial charge in [0.05, 0.1) is 64.0 Å². The summed E-state index contributed by atoms with van der Waals surface area (Å²) in [6.45, 7) is 5.58. The molecular weight excluding hydrogens is 739 g/mol. The SMILES string of the molecule is Cc1c(Cl)cccc1C1(Nc2ccc3c(C)nn(Cc4cnc(C5(Nc6ccc7ncn(C)c(=O)c7c6)CCOC5)c(Cl)c4Cl)c(=O)c3n2)CCOC1. The van der Waals surface area contributed by atoms with E-state index < -0.39 is 11.1 Å². The minimum absolute atomic E-state index is 0.0121. The molecule has 0 saturated carbocycles. The molecule has 6 aromatic rings. The van der Waals surface area contributed by atoms with Crippen LogP contribution in [0.1, 0.15) is 40.9 Å². The van der Waals surface area contributed by atoms with Crippen LogP contribution in [0.5, 0.6) is 0 Å². The number of pyridine rings is 2. The molecule has 2 N–H and O–H groups in total. The van der Waals surface area contributed by atoms with Crippen LogP contribution in [-0.2, 0) is 34.1 Å². The van der Waals surface area contributed by atoms with Crippen LogP contribution in [0.2, 0.25) is 15.1 Å². The van der Waals surface area contributed by atoms with Crippen molar-refractivity contribution in [2.45, 2.75) is 44.3 Å². The molecule has 53 heavy (non-hydrogen) atoms. The van der Waals surface area contributed by atoms with Gasteiger partial charge in [-0.05, 0) is 61.4 Å². The molecule has 2 fully saturated rings. The van der Waals surface area contributed by atoms with Gasteiger partial charge < -0.3 is 24.7 Å². The van der Waals surface area contributed by atoms with Gasteiger partial charge >= 0.3 is 0 Å². The van der Waals surface area contributed by atoms with Gasteiger partial charge in [0.25, 0.3) is 11.1 Å². The highest BCUT2D eigenvalue weighted by molar-refractivity contribution is 6.43. The van der Waals surface area contributed by atoms with Gasteiger partial charge in [-0.25, -0.2) is 14.6 Å². The Morgan fingerprint density at radius 2 is 1.64 bits per heavy atom. The van der Waals surface area contributed by atoms with Gasteiger partial charge in [0, 0.05) is 61.0 Å². The summed E-state index contributed by atoms with van der Waals surface area (Å²) in [5.74, 6) is 0.531. The molecule has 6 heterocycles. The van der Waals surface area contributed by atoms with Gasteiger partial charge in [-0.1, -0.05) is 46.9 Å². The van der Waals surface area contributed by atoms with Gasteiger partial charge in [0.2, 0.25) is 0 Å². The highest BCUT2D eigenvalue weighted by Crippen LogP contribution is 2.41. The van der Waals surface area contributed by atoms with Crippen molar-refractivity contribution in [2.24, 2.45) is 7.05 Å². The molecule has 0 aliphatic carbocycles. The van der Waals surface area contributed by atoms with E-state index in [1.807, 2.05) is 50.2 Å². The molecule has 0 radical (unpaired) electrons. The molecule has 15 heteroatoms. The third kappa shape index (κ3) is 6.22. The number of aromatic nitrogens is 6. The number of halogens is 3. The van der Waals surface area contributed by atoms with E-state index in [2.05, 4.69) is 20.7 Å². The number of aryl methyl sites for hydroxylation is 2. The molecule has 0 bridgehead atoms. The first-order chi connectivity index (χ1) is 25.5. The molecule has 12 nitrogen and oxygen atoms in total. The molecule has 2 aliphatic rings. The minimum Gasteiger partial charge on any atom is -0.379 e. The fourth-order valence-electron chi connectivity index (χ4n) is 7.39. The zero-order chi connectivity index (χ0) is 37.1. The van der Waals surface area contributed by atoms with Crippen molar-refractivity contribution < 1.29 is 9.47 Å². The minimum atomic E-state index is -0.826. The maximum atomic E-state index is 14.0. The van der Waals surface area contributed by atoms with Crippen LogP contribution in [0, 0.1) is 13.8 Å². The number of hydrogen-bond acceptors (Lipinski definition) is 10. The zero-order valence-electron chi connectivity index (χ0n) is 29.2. The Hall–Kier alpha value is -4.59. The number of nitrogens with zero attached hydrogens (tertiary/aromatic N) is 6. The summed E-state index contributed by atoms with van der Waals surface area (Å²) in [6.07, 6.45) is 4.37. The van der Waals surface area contributed by atoms with E-state index in [1.54, 1.807) is 25.4 Å². The fourth-order valence-corrected chi connectivity index (χ4v) is 8.11. The maximum Gasteiger partial charge on any atom is 0.293 e. The highest BCUT2D eigenvalue weighted by atomic mass is 35.5. The molecule has 2 saturated heterocycles. The van der Waals surface area contributed by atoms with E-state index in [0.29, 0.717) is 82.4 Å². The van der Waals surface area contributed by atoms with Crippen molar-refractivity contribution in [2.75, 3.05) is 37.1 Å². The molecule has 0 amide bonds. The third-order valence-electron chi connectivity index (χ3n) is 10.3. The number of nitrogens with one attached hydrogen (secondary N) is 2. The average molecular weight is 774 g/mol. The smallest absolute Gasteiger partial charge is 0.293 e. The molecule has 2 aliphatic heterocycles. The molecule has 272 valence electrons. The van der Waals surface area contributed by atoms with Crippen LogP contribution in [0.15, 0.2) is 70.6 Å². The second-order valence-corrected chi connectivity index (χ2v) is 14.9. The Morgan fingerprint density at radius 3 is 2.40 bits per heavy atom. The zero-order valence-corrected chi connectivity index (χ0v) is 31.4. The summed E-state index contributed by atoms with van der Waals surface area (Å²) in [6, 6.07) is 15.0. The Bertz CT molecular complexity index is 2550. The lowest BCUT2D eigenvalue weighted by Crippen LogP contribution is -2.37. The standard InChI is InChI=1S/C38H35Cl3N8O4/c1-21-27(5-4-6-28(21)39)37(11-13-52-18-37)46-30-10-8-25-22(2)47-49(36(51)33(25)44-30)17-23-16-42-34(32(41)31(23)40)38(12-14-53-19-38)45-24-7-9-29-26(15-24)35(50)48(3)20-43-29/h4-10,15-16,20,45H,11-14,17-19H2,1-3H3,(H,44,46). The Balaban J connectivity index is 1.11. The molecule has 8 rings (SSSR count). The van der Waals surface area contributed by atoms with Crippen molar-refractivity contribution in [1.82, 2.24) is 29.3 Å². The third-order valence-corrected chi connectivity index (χ3v) is 11.6. The van der Waals surface area contributed by atoms with Crippen LogP contribution in [0.4, 0.5) is 11.5 Å². The van der Waals surface area contributed by atoms with E-state index in [1.165, 1.54) is 15.6 Å². The Morgan fingerprint density at radius 1 is 0.868 bits per heavy atom. The predicted molar refractivity (Wildman–Crippen MR) is 207 cm³/mol. The second-order valence-electron chi connectivity index (χ2n) is 13.7. The van der Waals surface area contributed by atoms with E-state index in [0.717, 1.165) is 11.1 Å². The van der Waals surface area contributed by atoms with E-state index in [4.69, 9.17) is 54.2 Å².